The average molecular weight is 390 g/mol. The number of carbonyl (C=O) groups excluding carboxylic acids is 1. The third-order valence-corrected chi connectivity index (χ3v) is 4.52. The SMILES string of the molecule is CC(C)c1ccccc1NC(=O)c1ccnc(Nc2ccc3c(c2)OCCO3)n1. The number of anilines is 3. The van der Waals surface area contributed by atoms with Crippen molar-refractivity contribution in [2.24, 2.45) is 0 Å². The number of fused-ring (bicyclic) bond motifs is 1. The number of rotatable bonds is 5. The molecular weight excluding hydrogens is 368 g/mol. The Hall–Kier alpha value is -3.61. The summed E-state index contributed by atoms with van der Waals surface area (Å²) in [4.78, 5) is 21.3. The zero-order chi connectivity index (χ0) is 20.2. The smallest absolute Gasteiger partial charge is 0.274 e. The van der Waals surface area contributed by atoms with Crippen molar-refractivity contribution >= 4 is 23.2 Å². The molecule has 0 radical (unpaired) electrons. The molecule has 0 atom stereocenters. The summed E-state index contributed by atoms with van der Waals surface area (Å²) in [6.45, 7) is 5.23. The van der Waals surface area contributed by atoms with Crippen LogP contribution in [0.4, 0.5) is 17.3 Å². The van der Waals surface area contributed by atoms with Gasteiger partial charge in [-0.15, -0.1) is 0 Å². The first kappa shape index (κ1) is 18.7. The fraction of sp³-hybridized carbons (Fsp3) is 0.227. The van der Waals surface area contributed by atoms with Crippen molar-refractivity contribution in [3.8, 4) is 11.5 Å². The number of amides is 1. The second-order valence-corrected chi connectivity index (χ2v) is 6.95. The third kappa shape index (κ3) is 4.29. The van der Waals surface area contributed by atoms with Crippen LogP contribution in [0.5, 0.6) is 11.5 Å². The Morgan fingerprint density at radius 1 is 1.03 bits per heavy atom. The molecule has 1 amide bonds. The van der Waals surface area contributed by atoms with Gasteiger partial charge in [-0.3, -0.25) is 4.79 Å². The van der Waals surface area contributed by atoms with Gasteiger partial charge in [0.1, 0.15) is 18.9 Å². The number of nitrogens with one attached hydrogen (secondary N) is 2. The van der Waals surface area contributed by atoms with Crippen LogP contribution in [0.3, 0.4) is 0 Å². The summed E-state index contributed by atoms with van der Waals surface area (Å²) in [7, 11) is 0. The lowest BCUT2D eigenvalue weighted by atomic mass is 10.0. The average Bonchev–Trinajstić information content (AvgIpc) is 2.74. The monoisotopic (exact) mass is 390 g/mol. The molecule has 29 heavy (non-hydrogen) atoms. The van der Waals surface area contributed by atoms with Crippen LogP contribution in [-0.4, -0.2) is 29.1 Å². The Morgan fingerprint density at radius 3 is 2.66 bits per heavy atom. The normalized spacial score (nSPS) is 12.5. The van der Waals surface area contributed by atoms with E-state index in [1.807, 2.05) is 42.5 Å². The second kappa shape index (κ2) is 8.18. The highest BCUT2D eigenvalue weighted by atomic mass is 16.6. The minimum absolute atomic E-state index is 0.276. The van der Waals surface area contributed by atoms with Gasteiger partial charge in [-0.05, 0) is 35.7 Å². The number of hydrogen-bond acceptors (Lipinski definition) is 6. The topological polar surface area (TPSA) is 85.4 Å². The highest BCUT2D eigenvalue weighted by Gasteiger charge is 2.14. The summed E-state index contributed by atoms with van der Waals surface area (Å²) in [6.07, 6.45) is 1.55. The van der Waals surface area contributed by atoms with Crippen molar-refractivity contribution in [3.05, 3.63) is 66.0 Å². The van der Waals surface area contributed by atoms with Crippen molar-refractivity contribution < 1.29 is 14.3 Å². The number of hydrogen-bond donors (Lipinski definition) is 2. The summed E-state index contributed by atoms with van der Waals surface area (Å²) < 4.78 is 11.1. The van der Waals surface area contributed by atoms with E-state index in [9.17, 15) is 4.79 Å². The molecular formula is C22H22N4O3. The number of aromatic nitrogens is 2. The lowest BCUT2D eigenvalue weighted by Gasteiger charge is -2.19. The largest absolute Gasteiger partial charge is 0.486 e. The van der Waals surface area contributed by atoms with Crippen LogP contribution >= 0.6 is 0 Å². The molecule has 148 valence electrons. The molecule has 0 unspecified atom stereocenters. The van der Waals surface area contributed by atoms with Gasteiger partial charge in [0.15, 0.2) is 11.5 Å². The van der Waals surface area contributed by atoms with E-state index in [1.165, 1.54) is 0 Å². The number of benzene rings is 2. The number of ether oxygens (including phenoxy) is 2. The molecule has 2 heterocycles. The van der Waals surface area contributed by atoms with Gasteiger partial charge in [-0.2, -0.15) is 0 Å². The molecule has 1 aliphatic rings. The van der Waals surface area contributed by atoms with E-state index >= 15 is 0 Å². The summed E-state index contributed by atoms with van der Waals surface area (Å²) in [6, 6.07) is 14.9. The van der Waals surface area contributed by atoms with Crippen LogP contribution in [0.15, 0.2) is 54.7 Å². The highest BCUT2D eigenvalue weighted by molar-refractivity contribution is 6.03. The quantitative estimate of drug-likeness (QED) is 0.673. The Balaban J connectivity index is 1.51. The summed E-state index contributed by atoms with van der Waals surface area (Å²) in [5.41, 5.74) is 2.88. The first-order valence-electron chi connectivity index (χ1n) is 9.50. The van der Waals surface area contributed by atoms with Gasteiger partial charge in [0.25, 0.3) is 5.91 Å². The van der Waals surface area contributed by atoms with Gasteiger partial charge >= 0.3 is 0 Å². The van der Waals surface area contributed by atoms with Crippen LogP contribution in [0.2, 0.25) is 0 Å². The Kier molecular flexibility index (Phi) is 5.29. The number of carbonyl (C=O) groups is 1. The van der Waals surface area contributed by atoms with Gasteiger partial charge in [-0.25, -0.2) is 9.97 Å². The summed E-state index contributed by atoms with van der Waals surface area (Å²) in [5.74, 6) is 1.71. The predicted molar refractivity (Wildman–Crippen MR) is 111 cm³/mol. The molecule has 0 spiro atoms. The van der Waals surface area contributed by atoms with Crippen LogP contribution in [0, 0.1) is 0 Å². The first-order chi connectivity index (χ1) is 14.1. The summed E-state index contributed by atoms with van der Waals surface area (Å²) >= 11 is 0. The molecule has 0 fully saturated rings. The molecule has 1 aromatic heterocycles. The number of nitrogens with zero attached hydrogens (tertiary/aromatic N) is 2. The third-order valence-electron chi connectivity index (χ3n) is 4.52. The maximum Gasteiger partial charge on any atom is 0.274 e. The maximum absolute atomic E-state index is 12.7. The molecule has 0 saturated heterocycles. The maximum atomic E-state index is 12.7. The molecule has 7 nitrogen and oxygen atoms in total. The van der Waals surface area contributed by atoms with Crippen molar-refractivity contribution in [1.82, 2.24) is 9.97 Å². The highest BCUT2D eigenvalue weighted by Crippen LogP contribution is 2.33. The van der Waals surface area contributed by atoms with E-state index in [1.54, 1.807) is 12.3 Å². The van der Waals surface area contributed by atoms with Gasteiger partial charge in [0, 0.05) is 23.6 Å². The van der Waals surface area contributed by atoms with Crippen LogP contribution < -0.4 is 20.1 Å². The Bertz CT molecular complexity index is 1040. The van der Waals surface area contributed by atoms with E-state index in [4.69, 9.17) is 9.47 Å². The molecule has 2 aromatic carbocycles. The van der Waals surface area contributed by atoms with Crippen LogP contribution in [-0.2, 0) is 0 Å². The van der Waals surface area contributed by atoms with Gasteiger partial charge in [0.2, 0.25) is 5.95 Å². The van der Waals surface area contributed by atoms with E-state index < -0.39 is 0 Å². The first-order valence-corrected chi connectivity index (χ1v) is 9.50. The van der Waals surface area contributed by atoms with Crippen molar-refractivity contribution in [3.63, 3.8) is 0 Å². The van der Waals surface area contributed by atoms with E-state index in [0.29, 0.717) is 36.6 Å². The standard InChI is InChI=1S/C22H22N4O3/c1-14(2)16-5-3-4-6-17(16)25-21(27)18-9-10-23-22(26-18)24-15-7-8-19-20(13-15)29-12-11-28-19/h3-10,13-14H,11-12H2,1-2H3,(H,25,27)(H,23,24,26). The zero-order valence-electron chi connectivity index (χ0n) is 16.3. The molecule has 0 bridgehead atoms. The zero-order valence-corrected chi connectivity index (χ0v) is 16.3. The summed E-state index contributed by atoms with van der Waals surface area (Å²) in [5, 5.41) is 6.05. The number of para-hydroxylation sites is 1. The van der Waals surface area contributed by atoms with E-state index in [0.717, 1.165) is 16.9 Å². The molecule has 3 aromatic rings. The molecule has 1 aliphatic heterocycles. The Morgan fingerprint density at radius 2 is 1.83 bits per heavy atom. The predicted octanol–water partition coefficient (Wildman–Crippen LogP) is 4.37. The van der Waals surface area contributed by atoms with Crippen molar-refractivity contribution in [2.45, 2.75) is 19.8 Å². The molecule has 0 aliphatic carbocycles. The van der Waals surface area contributed by atoms with Gasteiger partial charge < -0.3 is 20.1 Å². The minimum Gasteiger partial charge on any atom is -0.486 e. The van der Waals surface area contributed by atoms with Crippen molar-refractivity contribution in [1.29, 1.82) is 0 Å². The van der Waals surface area contributed by atoms with Crippen LogP contribution in [0.25, 0.3) is 0 Å². The molecule has 4 rings (SSSR count). The molecule has 2 N–H and O–H groups in total. The van der Waals surface area contributed by atoms with Gasteiger partial charge in [0.05, 0.1) is 0 Å². The molecule has 7 heteroatoms. The van der Waals surface area contributed by atoms with Gasteiger partial charge in [-0.1, -0.05) is 32.0 Å². The lowest BCUT2D eigenvalue weighted by molar-refractivity contribution is 0.102. The Labute approximate surface area is 169 Å². The second-order valence-electron chi connectivity index (χ2n) is 6.95. The van der Waals surface area contributed by atoms with Crippen molar-refractivity contribution in [2.75, 3.05) is 23.8 Å². The fourth-order valence-corrected chi connectivity index (χ4v) is 3.10. The lowest BCUT2D eigenvalue weighted by Crippen LogP contribution is -2.16. The van der Waals surface area contributed by atoms with E-state index in [-0.39, 0.29) is 11.6 Å². The van der Waals surface area contributed by atoms with E-state index in [2.05, 4.69) is 34.4 Å². The molecule has 0 saturated carbocycles. The minimum atomic E-state index is -0.286. The van der Waals surface area contributed by atoms with Crippen LogP contribution in [0.1, 0.15) is 35.8 Å². The fourth-order valence-electron chi connectivity index (χ4n) is 3.10.